The van der Waals surface area contributed by atoms with Crippen molar-refractivity contribution in [2.45, 2.75) is 26.2 Å². The lowest BCUT2D eigenvalue weighted by Gasteiger charge is -2.10. The minimum Gasteiger partial charge on any atom is -0.459 e. The molecule has 6 nitrogen and oxygen atoms in total. The summed E-state index contributed by atoms with van der Waals surface area (Å²) < 4.78 is 10.2. The van der Waals surface area contributed by atoms with Crippen molar-refractivity contribution in [1.82, 2.24) is 0 Å². The van der Waals surface area contributed by atoms with E-state index in [1.165, 1.54) is 24.0 Å². The Morgan fingerprint density at radius 3 is 2.23 bits per heavy atom. The zero-order valence-corrected chi connectivity index (χ0v) is 16.9. The van der Waals surface area contributed by atoms with Gasteiger partial charge in [0.05, 0.1) is 11.8 Å². The Kier molecular flexibility index (Phi) is 6.80. The molecule has 0 aliphatic rings. The van der Waals surface area contributed by atoms with Crippen LogP contribution in [0, 0.1) is 0 Å². The van der Waals surface area contributed by atoms with E-state index in [2.05, 4.69) is 19.2 Å². The maximum atomic E-state index is 12.3. The van der Waals surface area contributed by atoms with Gasteiger partial charge in [-0.2, -0.15) is 0 Å². The van der Waals surface area contributed by atoms with Gasteiger partial charge in [0.2, 0.25) is 0 Å². The lowest BCUT2D eigenvalue weighted by molar-refractivity contribution is 0.0475. The summed E-state index contributed by atoms with van der Waals surface area (Å²) in [5, 5.41) is 2.66. The van der Waals surface area contributed by atoms with Crippen LogP contribution in [0.15, 0.2) is 71.3 Å². The number of anilines is 1. The molecule has 0 saturated heterocycles. The Morgan fingerprint density at radius 2 is 1.63 bits per heavy atom. The van der Waals surface area contributed by atoms with Gasteiger partial charge in [0, 0.05) is 11.3 Å². The number of hydrogen-bond acceptors (Lipinski definition) is 5. The fourth-order valence-electron chi connectivity index (χ4n) is 2.82. The molecule has 0 radical (unpaired) electrons. The number of ether oxygens (including phenoxy) is 1. The smallest absolute Gasteiger partial charge is 0.338 e. The molecule has 1 heterocycles. The van der Waals surface area contributed by atoms with Gasteiger partial charge in [-0.25, -0.2) is 4.79 Å². The molecule has 6 heteroatoms. The van der Waals surface area contributed by atoms with Gasteiger partial charge in [0.25, 0.3) is 5.91 Å². The highest BCUT2D eigenvalue weighted by Crippen LogP contribution is 2.19. The van der Waals surface area contributed by atoms with Gasteiger partial charge >= 0.3 is 5.97 Å². The molecule has 0 fully saturated rings. The summed E-state index contributed by atoms with van der Waals surface area (Å²) in [5.74, 6) is -0.641. The van der Waals surface area contributed by atoms with Gasteiger partial charge in [-0.05, 0) is 54.3 Å². The number of furan rings is 1. The van der Waals surface area contributed by atoms with E-state index in [9.17, 15) is 14.4 Å². The van der Waals surface area contributed by atoms with E-state index in [-0.39, 0.29) is 29.6 Å². The Hall–Kier alpha value is -3.67. The topological polar surface area (TPSA) is 85.6 Å². The minimum atomic E-state index is -0.608. The molecule has 1 atom stereocenters. The third-order valence-electron chi connectivity index (χ3n) is 4.87. The second kappa shape index (κ2) is 9.69. The van der Waals surface area contributed by atoms with Crippen molar-refractivity contribution in [3.63, 3.8) is 0 Å². The number of Topliss-reactive ketones (excluding diaryl/α,β-unsaturated/α-hetero) is 1. The van der Waals surface area contributed by atoms with E-state index < -0.39 is 5.97 Å². The Bertz CT molecular complexity index is 1000. The molecule has 0 aliphatic carbocycles. The van der Waals surface area contributed by atoms with E-state index in [1.807, 2.05) is 12.1 Å². The summed E-state index contributed by atoms with van der Waals surface area (Å²) >= 11 is 0. The molecule has 0 spiro atoms. The lowest BCUT2D eigenvalue weighted by atomic mass is 9.97. The van der Waals surface area contributed by atoms with Crippen molar-refractivity contribution in [2.24, 2.45) is 0 Å². The average molecular weight is 405 g/mol. The maximum Gasteiger partial charge on any atom is 0.338 e. The molecule has 0 bridgehead atoms. The second-order valence-electron chi connectivity index (χ2n) is 6.94. The van der Waals surface area contributed by atoms with Gasteiger partial charge in [0.15, 0.2) is 18.2 Å². The number of ketones is 1. The van der Waals surface area contributed by atoms with Crippen LogP contribution in [0.25, 0.3) is 0 Å². The van der Waals surface area contributed by atoms with Crippen molar-refractivity contribution in [3.8, 4) is 0 Å². The molecule has 3 aromatic rings. The number of esters is 1. The summed E-state index contributed by atoms with van der Waals surface area (Å²) in [6.07, 6.45) is 2.44. The standard InChI is InChI=1S/C24H23NO5/c1-3-16(2)17-6-8-18(9-7-17)21(26)15-30-24(28)19-10-12-20(13-11-19)25-23(27)22-5-4-14-29-22/h4-14,16H,3,15H2,1-2H3,(H,25,27)/t16-/m1/s1. The summed E-state index contributed by atoms with van der Waals surface area (Å²) in [5.41, 5.74) is 2.47. The van der Waals surface area contributed by atoms with Crippen LogP contribution in [0.2, 0.25) is 0 Å². The van der Waals surface area contributed by atoms with Crippen LogP contribution in [0.4, 0.5) is 5.69 Å². The third-order valence-corrected chi connectivity index (χ3v) is 4.87. The Labute approximate surface area is 174 Å². The van der Waals surface area contributed by atoms with E-state index in [0.717, 1.165) is 6.42 Å². The van der Waals surface area contributed by atoms with Crippen LogP contribution in [0.3, 0.4) is 0 Å². The van der Waals surface area contributed by atoms with Crippen molar-refractivity contribution in [1.29, 1.82) is 0 Å². The Balaban J connectivity index is 1.53. The number of rotatable bonds is 8. The predicted octanol–water partition coefficient (Wildman–Crippen LogP) is 5.09. The average Bonchev–Trinajstić information content (AvgIpc) is 3.32. The SMILES string of the molecule is CC[C@@H](C)c1ccc(C(=O)COC(=O)c2ccc(NC(=O)c3ccco3)cc2)cc1. The summed E-state index contributed by atoms with van der Waals surface area (Å²) in [4.78, 5) is 36.4. The van der Waals surface area contributed by atoms with E-state index in [4.69, 9.17) is 9.15 Å². The van der Waals surface area contributed by atoms with Crippen molar-refractivity contribution < 1.29 is 23.5 Å². The zero-order valence-electron chi connectivity index (χ0n) is 16.9. The first-order valence-electron chi connectivity index (χ1n) is 9.73. The van der Waals surface area contributed by atoms with Crippen molar-refractivity contribution in [2.75, 3.05) is 11.9 Å². The number of carbonyl (C=O) groups excluding carboxylic acids is 3. The Morgan fingerprint density at radius 1 is 0.967 bits per heavy atom. The van der Waals surface area contributed by atoms with Gasteiger partial charge in [0.1, 0.15) is 0 Å². The largest absolute Gasteiger partial charge is 0.459 e. The van der Waals surface area contributed by atoms with Gasteiger partial charge in [-0.3, -0.25) is 9.59 Å². The van der Waals surface area contributed by atoms with Crippen LogP contribution < -0.4 is 5.32 Å². The first-order valence-corrected chi connectivity index (χ1v) is 9.73. The number of hydrogen-bond donors (Lipinski definition) is 1. The van der Waals surface area contributed by atoms with Crippen LogP contribution in [-0.2, 0) is 4.74 Å². The lowest BCUT2D eigenvalue weighted by Crippen LogP contribution is -2.15. The zero-order chi connectivity index (χ0) is 21.5. The number of amides is 1. The molecule has 30 heavy (non-hydrogen) atoms. The normalized spacial score (nSPS) is 11.5. The maximum absolute atomic E-state index is 12.3. The van der Waals surface area contributed by atoms with E-state index >= 15 is 0 Å². The molecular formula is C24H23NO5. The highest BCUT2D eigenvalue weighted by atomic mass is 16.5. The molecule has 154 valence electrons. The summed E-state index contributed by atoms with van der Waals surface area (Å²) in [6.45, 7) is 3.91. The molecule has 1 N–H and O–H groups in total. The van der Waals surface area contributed by atoms with Gasteiger partial charge in [-0.15, -0.1) is 0 Å². The molecule has 1 amide bonds. The first-order chi connectivity index (χ1) is 14.5. The predicted molar refractivity (Wildman–Crippen MR) is 113 cm³/mol. The van der Waals surface area contributed by atoms with E-state index in [0.29, 0.717) is 17.2 Å². The van der Waals surface area contributed by atoms with Crippen molar-refractivity contribution in [3.05, 3.63) is 89.4 Å². The third kappa shape index (κ3) is 5.23. The van der Waals surface area contributed by atoms with Crippen LogP contribution in [-0.4, -0.2) is 24.3 Å². The number of carbonyl (C=O) groups is 3. The van der Waals surface area contributed by atoms with Crippen molar-refractivity contribution >= 4 is 23.3 Å². The monoisotopic (exact) mass is 405 g/mol. The number of benzene rings is 2. The molecule has 0 saturated carbocycles. The second-order valence-corrected chi connectivity index (χ2v) is 6.94. The first kappa shape index (κ1) is 21.0. The minimum absolute atomic E-state index is 0.189. The molecule has 2 aromatic carbocycles. The fourth-order valence-corrected chi connectivity index (χ4v) is 2.82. The highest BCUT2D eigenvalue weighted by molar-refractivity contribution is 6.02. The quantitative estimate of drug-likeness (QED) is 0.417. The van der Waals surface area contributed by atoms with Crippen LogP contribution in [0.5, 0.6) is 0 Å². The van der Waals surface area contributed by atoms with Crippen LogP contribution >= 0.6 is 0 Å². The summed E-state index contributed by atoms with van der Waals surface area (Å²) in [6, 6.07) is 16.7. The fraction of sp³-hybridized carbons (Fsp3) is 0.208. The molecule has 0 unspecified atom stereocenters. The molecule has 3 rings (SSSR count). The summed E-state index contributed by atoms with van der Waals surface area (Å²) in [7, 11) is 0. The van der Waals surface area contributed by atoms with Gasteiger partial charge < -0.3 is 14.5 Å². The molecular weight excluding hydrogens is 382 g/mol. The highest BCUT2D eigenvalue weighted by Gasteiger charge is 2.14. The van der Waals surface area contributed by atoms with Crippen LogP contribution in [0.1, 0.15) is 63.0 Å². The van der Waals surface area contributed by atoms with E-state index in [1.54, 1.807) is 36.4 Å². The molecule has 1 aromatic heterocycles. The number of nitrogens with one attached hydrogen (secondary N) is 1. The van der Waals surface area contributed by atoms with Gasteiger partial charge in [-0.1, -0.05) is 38.1 Å². The molecule has 0 aliphatic heterocycles.